The molecule has 0 aromatic heterocycles. The summed E-state index contributed by atoms with van der Waals surface area (Å²) in [5.41, 5.74) is 1.46. The highest BCUT2D eigenvalue weighted by Crippen LogP contribution is 2.07. The minimum Gasteiger partial charge on any atom is -0.374 e. The third-order valence-electron chi connectivity index (χ3n) is 7.80. The Morgan fingerprint density at radius 3 is 1.34 bits per heavy atom. The van der Waals surface area contributed by atoms with Crippen molar-refractivity contribution in [2.75, 3.05) is 58.9 Å². The van der Waals surface area contributed by atoms with Crippen molar-refractivity contribution in [3.8, 4) is 0 Å². The Bertz CT molecular complexity index is 1070. The molecule has 0 fully saturated rings. The van der Waals surface area contributed by atoms with Crippen molar-refractivity contribution >= 4 is 0 Å². The minimum atomic E-state index is 0.631. The summed E-state index contributed by atoms with van der Waals surface area (Å²) < 4.78 is 0. The second-order valence-corrected chi connectivity index (χ2v) is 12.5. The predicted octanol–water partition coefficient (Wildman–Crippen LogP) is 9.69. The molecule has 0 bridgehead atoms. The normalized spacial score (nSPS) is 16.9. The molecule has 0 aromatic carbocycles. The van der Waals surface area contributed by atoms with Crippen molar-refractivity contribution in [1.29, 1.82) is 0 Å². The second kappa shape index (κ2) is 28.6. The summed E-state index contributed by atoms with van der Waals surface area (Å²) in [6, 6.07) is 0.631. The van der Waals surface area contributed by atoms with Crippen molar-refractivity contribution in [1.82, 2.24) is 24.5 Å². The molecule has 5 nitrogen and oxygen atoms in total. The van der Waals surface area contributed by atoms with Crippen molar-refractivity contribution < 1.29 is 0 Å². The van der Waals surface area contributed by atoms with Gasteiger partial charge in [0.15, 0.2) is 0 Å². The van der Waals surface area contributed by atoms with E-state index in [1.54, 1.807) is 0 Å². The average molecular weight is 644 g/mol. The van der Waals surface area contributed by atoms with E-state index in [1.165, 1.54) is 57.3 Å². The van der Waals surface area contributed by atoms with Gasteiger partial charge in [0.2, 0.25) is 0 Å². The molecule has 5 aliphatic rings. The lowest BCUT2D eigenvalue weighted by molar-refractivity contribution is 0.339. The molecule has 0 radical (unpaired) electrons. The lowest BCUT2D eigenvalue weighted by Gasteiger charge is -2.24. The largest absolute Gasteiger partial charge is 0.374 e. The number of unbranched alkanes of at least 4 members (excludes halogenated alkanes) is 2. The zero-order valence-electron chi connectivity index (χ0n) is 31.2. The molecule has 0 N–H and O–H groups in total. The van der Waals surface area contributed by atoms with E-state index in [4.69, 9.17) is 0 Å². The number of nitrogens with zero attached hydrogens (tertiary/aromatic N) is 5. The quantitative estimate of drug-likeness (QED) is 0.235. The van der Waals surface area contributed by atoms with E-state index in [-0.39, 0.29) is 0 Å². The van der Waals surface area contributed by atoms with E-state index >= 15 is 0 Å². The maximum Gasteiger partial charge on any atom is 0.0383 e. The van der Waals surface area contributed by atoms with Crippen LogP contribution in [0.4, 0.5) is 0 Å². The average Bonchev–Trinajstić information content (AvgIpc) is 3.13. The summed E-state index contributed by atoms with van der Waals surface area (Å²) in [4.78, 5) is 11.6. The van der Waals surface area contributed by atoms with Crippen LogP contribution in [0.15, 0.2) is 122 Å². The molecule has 5 heteroatoms. The number of hydrogen-bond donors (Lipinski definition) is 0. The highest BCUT2D eigenvalue weighted by atomic mass is 15.1. The van der Waals surface area contributed by atoms with E-state index in [9.17, 15) is 0 Å². The lowest BCUT2D eigenvalue weighted by Crippen LogP contribution is -2.26. The molecule has 0 saturated carbocycles. The standard InChI is InChI=1S/C10H17N.C9H15N.2C8H13N.C7H11N/c1-3-4-7-11-8-5-6-10(2)9-11;1-2-3-7-10-8-5-4-6-9-10;1-8(2)9-6-4-3-5-7-9;1-2-6-9-7-4-3-5-8-9;1-2-8-6-4-3-5-7-8/h5-6,8H,3-4,7,9H2,1-2H3;4-6,8H,2-3,7,9H2,1H3;3-6,8H,7H2,1-2H3;3-5,7H,2,6,8H2,1H3;3-6H,2,7H2,1H3. The van der Waals surface area contributed by atoms with Gasteiger partial charge in [0, 0.05) is 64.9 Å². The maximum absolute atomic E-state index is 2.37. The first-order valence-corrected chi connectivity index (χ1v) is 18.3. The smallest absolute Gasteiger partial charge is 0.0383 e. The van der Waals surface area contributed by atoms with Crippen molar-refractivity contribution in [3.63, 3.8) is 0 Å². The van der Waals surface area contributed by atoms with E-state index in [0.29, 0.717) is 6.04 Å². The molecule has 47 heavy (non-hydrogen) atoms. The van der Waals surface area contributed by atoms with Crippen molar-refractivity contribution in [3.05, 3.63) is 122 Å². The molecule has 0 aliphatic carbocycles. The summed E-state index contributed by atoms with van der Waals surface area (Å²) in [5.74, 6) is 0. The van der Waals surface area contributed by atoms with Gasteiger partial charge in [-0.05, 0) is 108 Å². The summed E-state index contributed by atoms with van der Waals surface area (Å²) >= 11 is 0. The Balaban J connectivity index is 0.000000295. The predicted molar refractivity (Wildman–Crippen MR) is 210 cm³/mol. The monoisotopic (exact) mass is 644 g/mol. The Labute approximate surface area is 291 Å². The molecular weight excluding hydrogens is 574 g/mol. The van der Waals surface area contributed by atoms with Crippen LogP contribution in [0.3, 0.4) is 0 Å². The molecule has 5 heterocycles. The van der Waals surface area contributed by atoms with E-state index in [1.807, 2.05) is 0 Å². The first kappa shape index (κ1) is 41.4. The summed E-state index contributed by atoms with van der Waals surface area (Å²) in [6.07, 6.45) is 46.8. The van der Waals surface area contributed by atoms with Crippen LogP contribution in [-0.2, 0) is 0 Å². The van der Waals surface area contributed by atoms with Crippen LogP contribution in [0, 0.1) is 0 Å². The molecule has 0 atom stereocenters. The van der Waals surface area contributed by atoms with Gasteiger partial charge in [-0.3, -0.25) is 0 Å². The van der Waals surface area contributed by atoms with E-state index in [2.05, 4.69) is 189 Å². The van der Waals surface area contributed by atoms with Gasteiger partial charge in [0.1, 0.15) is 0 Å². The zero-order chi connectivity index (χ0) is 34.4. The van der Waals surface area contributed by atoms with Crippen molar-refractivity contribution in [2.45, 2.75) is 86.6 Å². The number of allylic oxidation sites excluding steroid dienone is 10. The van der Waals surface area contributed by atoms with Gasteiger partial charge < -0.3 is 24.5 Å². The van der Waals surface area contributed by atoms with Crippen LogP contribution in [0.25, 0.3) is 0 Å². The van der Waals surface area contributed by atoms with Gasteiger partial charge in [-0.25, -0.2) is 0 Å². The van der Waals surface area contributed by atoms with Crippen LogP contribution in [0.5, 0.6) is 0 Å². The number of likely N-dealkylation sites (N-methyl/N-ethyl adjacent to an activating group) is 1. The molecule has 0 unspecified atom stereocenters. The Hall–Kier alpha value is -3.60. The van der Waals surface area contributed by atoms with Crippen LogP contribution in [-0.4, -0.2) is 89.4 Å². The molecule has 0 aromatic rings. The van der Waals surface area contributed by atoms with Gasteiger partial charge in [-0.2, -0.15) is 0 Å². The Morgan fingerprint density at radius 2 is 0.979 bits per heavy atom. The van der Waals surface area contributed by atoms with Gasteiger partial charge in [0.25, 0.3) is 0 Å². The second-order valence-electron chi connectivity index (χ2n) is 12.5. The van der Waals surface area contributed by atoms with Crippen molar-refractivity contribution in [2.24, 2.45) is 0 Å². The van der Waals surface area contributed by atoms with Crippen LogP contribution >= 0.6 is 0 Å². The summed E-state index contributed by atoms with van der Waals surface area (Å²) in [5, 5.41) is 0. The molecule has 5 rings (SSSR count). The fourth-order valence-electron chi connectivity index (χ4n) is 4.87. The maximum atomic E-state index is 2.37. The third-order valence-corrected chi connectivity index (χ3v) is 7.80. The minimum absolute atomic E-state index is 0.631. The Kier molecular flexibility index (Phi) is 25.2. The molecule has 0 amide bonds. The summed E-state index contributed by atoms with van der Waals surface area (Å²) in [6.45, 7) is 25.5. The summed E-state index contributed by atoms with van der Waals surface area (Å²) in [7, 11) is 0. The SMILES string of the molecule is CC(C)N1C=CC=CC1.CCCCN1C=CC=C(C)C1.CCCCN1C=CC=CC1.CCCN1C=CC=CC1.CCN1C=CC=CC1. The topological polar surface area (TPSA) is 16.2 Å². The zero-order valence-corrected chi connectivity index (χ0v) is 31.2. The molecule has 0 saturated heterocycles. The number of hydrogen-bond acceptors (Lipinski definition) is 5. The van der Waals surface area contributed by atoms with Crippen LogP contribution in [0.1, 0.15) is 80.6 Å². The molecule has 0 spiro atoms. The van der Waals surface area contributed by atoms with Crippen LogP contribution in [0.2, 0.25) is 0 Å². The third kappa shape index (κ3) is 22.5. The fraction of sp³-hybridized carbons (Fsp3) is 0.524. The van der Waals surface area contributed by atoms with Gasteiger partial charge in [-0.15, -0.1) is 0 Å². The highest BCUT2D eigenvalue weighted by molar-refractivity contribution is 5.16. The van der Waals surface area contributed by atoms with E-state index < -0.39 is 0 Å². The fourth-order valence-corrected chi connectivity index (χ4v) is 4.87. The molecule has 5 aliphatic heterocycles. The first-order valence-electron chi connectivity index (χ1n) is 18.3. The lowest BCUT2D eigenvalue weighted by atomic mass is 10.2. The first-order chi connectivity index (χ1) is 22.9. The van der Waals surface area contributed by atoms with E-state index in [0.717, 1.165) is 39.3 Å². The number of rotatable bonds is 10. The van der Waals surface area contributed by atoms with Gasteiger partial charge >= 0.3 is 0 Å². The van der Waals surface area contributed by atoms with Crippen LogP contribution < -0.4 is 0 Å². The molecular formula is C42H69N5. The molecule has 262 valence electrons. The Morgan fingerprint density at radius 1 is 0.511 bits per heavy atom. The van der Waals surface area contributed by atoms with Gasteiger partial charge in [-0.1, -0.05) is 93.9 Å². The highest BCUT2D eigenvalue weighted by Gasteiger charge is 2.03. The van der Waals surface area contributed by atoms with Gasteiger partial charge in [0.05, 0.1) is 0 Å².